The summed E-state index contributed by atoms with van der Waals surface area (Å²) in [6.07, 6.45) is 3.17. The normalized spacial score (nSPS) is 38.7. The van der Waals surface area contributed by atoms with Gasteiger partial charge < -0.3 is 16.0 Å². The summed E-state index contributed by atoms with van der Waals surface area (Å²) in [5.41, 5.74) is -0.253. The molecule has 2 rings (SSSR count). The summed E-state index contributed by atoms with van der Waals surface area (Å²) in [5.74, 6) is 0. The molecular weight excluding hydrogens is 297 g/mol. The van der Waals surface area contributed by atoms with Gasteiger partial charge in [-0.25, -0.2) is 0 Å². The first-order valence-corrected chi connectivity index (χ1v) is 8.48. The molecule has 0 aromatic heterocycles. The van der Waals surface area contributed by atoms with Crippen molar-refractivity contribution >= 4 is 23.2 Å². The first-order valence-electron chi connectivity index (χ1n) is 7.67. The van der Waals surface area contributed by atoms with Crippen molar-refractivity contribution < 1.29 is 0 Å². The number of rotatable bonds is 0. The van der Waals surface area contributed by atoms with Gasteiger partial charge in [-0.3, -0.25) is 10.6 Å². The number of piperidine rings is 1. The maximum atomic E-state index is 6.69. The molecule has 0 aromatic rings. The van der Waals surface area contributed by atoms with Crippen LogP contribution in [0.25, 0.3) is 0 Å². The molecule has 2 aliphatic heterocycles. The molecule has 0 amide bonds. The van der Waals surface area contributed by atoms with Crippen LogP contribution in [0.1, 0.15) is 19.3 Å². The molecule has 2 heterocycles. The fourth-order valence-electron chi connectivity index (χ4n) is 2.77. The Morgan fingerprint density at radius 3 is 2.30 bits per heavy atom. The molecule has 7 heteroatoms. The number of hydrogen-bond acceptors (Lipinski definition) is 5. The summed E-state index contributed by atoms with van der Waals surface area (Å²) in [4.78, 5) is -0.537. The Bertz CT molecular complexity index is 281. The lowest BCUT2D eigenvalue weighted by molar-refractivity contribution is 0.257. The lowest BCUT2D eigenvalue weighted by Crippen LogP contribution is -2.61. The maximum Gasteiger partial charge on any atom is 0.123 e. The number of hydrogen-bond donors (Lipinski definition) is 5. The van der Waals surface area contributed by atoms with Crippen LogP contribution in [-0.2, 0) is 0 Å². The van der Waals surface area contributed by atoms with Crippen molar-refractivity contribution in [1.82, 2.24) is 26.6 Å². The number of nitrogens with one attached hydrogen (secondary N) is 5. The van der Waals surface area contributed by atoms with Crippen LogP contribution < -0.4 is 26.6 Å². The molecule has 2 fully saturated rings. The largest absolute Gasteiger partial charge is 0.314 e. The van der Waals surface area contributed by atoms with Gasteiger partial charge in [-0.1, -0.05) is 11.6 Å². The molecule has 2 bridgehead atoms. The van der Waals surface area contributed by atoms with E-state index in [4.69, 9.17) is 23.2 Å². The lowest BCUT2D eigenvalue weighted by atomic mass is 9.97. The smallest absolute Gasteiger partial charge is 0.123 e. The molecule has 0 radical (unpaired) electrons. The minimum absolute atomic E-state index is 0.253. The van der Waals surface area contributed by atoms with E-state index in [0.717, 1.165) is 65.1 Å². The fraction of sp³-hybridized carbons (Fsp3) is 1.00. The van der Waals surface area contributed by atoms with E-state index in [0.29, 0.717) is 6.04 Å². The molecule has 5 nitrogen and oxygen atoms in total. The minimum Gasteiger partial charge on any atom is -0.314 e. The van der Waals surface area contributed by atoms with Crippen molar-refractivity contribution in [2.75, 3.05) is 45.8 Å². The summed E-state index contributed by atoms with van der Waals surface area (Å²) < 4.78 is 0. The molecule has 118 valence electrons. The van der Waals surface area contributed by atoms with Crippen molar-refractivity contribution in [3.63, 3.8) is 0 Å². The van der Waals surface area contributed by atoms with Gasteiger partial charge in [-0.15, -0.1) is 11.6 Å². The van der Waals surface area contributed by atoms with Crippen molar-refractivity contribution in [1.29, 1.82) is 0 Å². The number of halogens is 2. The quantitative estimate of drug-likeness (QED) is 0.321. The second-order valence-corrected chi connectivity index (χ2v) is 6.73. The Balaban J connectivity index is 1.88. The Labute approximate surface area is 131 Å². The van der Waals surface area contributed by atoms with Gasteiger partial charge in [0.05, 0.1) is 0 Å². The van der Waals surface area contributed by atoms with Crippen LogP contribution in [-0.4, -0.2) is 62.4 Å². The Morgan fingerprint density at radius 2 is 1.55 bits per heavy atom. The van der Waals surface area contributed by atoms with E-state index in [1.165, 1.54) is 0 Å². The molecule has 0 aliphatic carbocycles. The summed E-state index contributed by atoms with van der Waals surface area (Å²) in [5, 5.41) is 17.1. The Hall–Kier alpha value is 0.380. The highest BCUT2D eigenvalue weighted by Crippen LogP contribution is 2.31. The van der Waals surface area contributed by atoms with E-state index >= 15 is 0 Å². The summed E-state index contributed by atoms with van der Waals surface area (Å²) >= 11 is 13.2. The van der Waals surface area contributed by atoms with Crippen LogP contribution in [0.5, 0.6) is 0 Å². The molecule has 0 spiro atoms. The van der Waals surface area contributed by atoms with Crippen molar-refractivity contribution in [2.24, 2.45) is 0 Å². The summed E-state index contributed by atoms with van der Waals surface area (Å²) in [6.45, 7) is 6.62. The molecule has 5 N–H and O–H groups in total. The van der Waals surface area contributed by atoms with E-state index in [1.807, 2.05) is 0 Å². The van der Waals surface area contributed by atoms with Gasteiger partial charge in [-0.05, 0) is 19.3 Å². The second kappa shape index (κ2) is 8.73. The van der Waals surface area contributed by atoms with Crippen LogP contribution in [0.2, 0.25) is 0 Å². The Morgan fingerprint density at radius 1 is 0.900 bits per heavy atom. The third kappa shape index (κ3) is 5.30. The molecule has 0 aromatic carbocycles. The zero-order valence-electron chi connectivity index (χ0n) is 12.0. The van der Waals surface area contributed by atoms with Crippen LogP contribution in [0.15, 0.2) is 0 Å². The Kier molecular flexibility index (Phi) is 7.31. The predicted molar refractivity (Wildman–Crippen MR) is 85.6 cm³/mol. The molecule has 20 heavy (non-hydrogen) atoms. The molecule has 3 unspecified atom stereocenters. The van der Waals surface area contributed by atoms with Crippen LogP contribution in [0.4, 0.5) is 0 Å². The van der Waals surface area contributed by atoms with E-state index in [9.17, 15) is 0 Å². The maximum absolute atomic E-state index is 6.69. The van der Waals surface area contributed by atoms with Crippen LogP contribution in [0, 0.1) is 0 Å². The highest BCUT2D eigenvalue weighted by molar-refractivity contribution is 6.32. The average molecular weight is 324 g/mol. The van der Waals surface area contributed by atoms with Gasteiger partial charge in [0.15, 0.2) is 0 Å². The predicted octanol–water partition coefficient (Wildman–Crippen LogP) is 0.000500. The summed E-state index contributed by atoms with van der Waals surface area (Å²) in [7, 11) is 0. The first kappa shape index (κ1) is 16.7. The van der Waals surface area contributed by atoms with E-state index in [-0.39, 0.29) is 5.50 Å². The van der Waals surface area contributed by atoms with Crippen molar-refractivity contribution in [3.05, 3.63) is 0 Å². The van der Waals surface area contributed by atoms with Crippen LogP contribution >= 0.6 is 23.2 Å². The van der Waals surface area contributed by atoms with Gasteiger partial charge in [0, 0.05) is 51.9 Å². The van der Waals surface area contributed by atoms with Crippen LogP contribution in [0.3, 0.4) is 0 Å². The first-order chi connectivity index (χ1) is 9.71. The van der Waals surface area contributed by atoms with Gasteiger partial charge in [0.1, 0.15) is 10.5 Å². The average Bonchev–Trinajstić information content (AvgIpc) is 2.44. The molecule has 0 saturated carbocycles. The molecule has 2 saturated heterocycles. The molecule has 2 aliphatic rings. The lowest BCUT2D eigenvalue weighted by Gasteiger charge is -2.41. The topological polar surface area (TPSA) is 60.1 Å². The van der Waals surface area contributed by atoms with Gasteiger partial charge in [0.2, 0.25) is 0 Å². The van der Waals surface area contributed by atoms with E-state index in [1.54, 1.807) is 0 Å². The fourth-order valence-corrected chi connectivity index (χ4v) is 3.42. The summed E-state index contributed by atoms with van der Waals surface area (Å²) in [6, 6.07) is 0.396. The zero-order valence-corrected chi connectivity index (χ0v) is 13.5. The SMILES string of the molecule is ClC1NCCNCCNCCNCC2CCCC1(Cl)N2. The van der Waals surface area contributed by atoms with E-state index < -0.39 is 5.00 Å². The van der Waals surface area contributed by atoms with Gasteiger partial charge in [0.25, 0.3) is 0 Å². The third-order valence-corrected chi connectivity index (χ3v) is 5.07. The minimum atomic E-state index is -0.537. The van der Waals surface area contributed by atoms with Gasteiger partial charge in [-0.2, -0.15) is 0 Å². The van der Waals surface area contributed by atoms with Crippen molar-refractivity contribution in [3.8, 4) is 0 Å². The second-order valence-electron chi connectivity index (χ2n) is 5.62. The monoisotopic (exact) mass is 323 g/mol. The van der Waals surface area contributed by atoms with Gasteiger partial charge >= 0.3 is 0 Å². The molecular formula is C13H27Cl2N5. The van der Waals surface area contributed by atoms with Crippen molar-refractivity contribution in [2.45, 2.75) is 35.8 Å². The van der Waals surface area contributed by atoms with E-state index in [2.05, 4.69) is 26.6 Å². The highest BCUT2D eigenvalue weighted by atomic mass is 35.5. The standard InChI is InChI=1S/C13H27Cl2N5/c14-12-13(15)3-1-2-11(20-13)10-18-7-6-16-4-5-17-8-9-19-12/h11-12,16-20H,1-10H2. The third-order valence-electron chi connectivity index (χ3n) is 3.91. The molecule has 3 atom stereocenters. The highest BCUT2D eigenvalue weighted by Gasteiger charge is 2.39. The number of fused-ring (bicyclic) bond motifs is 2. The number of alkyl halides is 2. The zero-order chi connectivity index (χ0) is 14.3.